The lowest BCUT2D eigenvalue weighted by atomic mass is 9.98. The van der Waals surface area contributed by atoms with Gasteiger partial charge in [0.05, 0.1) is 12.2 Å². The van der Waals surface area contributed by atoms with Crippen molar-refractivity contribution in [3.8, 4) is 0 Å². The van der Waals surface area contributed by atoms with E-state index in [1.54, 1.807) is 6.08 Å². The summed E-state index contributed by atoms with van der Waals surface area (Å²) < 4.78 is 5.03. The van der Waals surface area contributed by atoms with Crippen molar-refractivity contribution in [2.45, 2.75) is 27.7 Å². The fraction of sp³-hybridized carbons (Fsp3) is 0.357. The van der Waals surface area contributed by atoms with Gasteiger partial charge in [0.2, 0.25) is 0 Å². The molecule has 0 heterocycles. The van der Waals surface area contributed by atoms with Gasteiger partial charge in [-0.2, -0.15) is 0 Å². The first-order chi connectivity index (χ1) is 7.60. The van der Waals surface area contributed by atoms with Crippen molar-refractivity contribution in [1.82, 2.24) is 0 Å². The number of carbonyl (C=O) groups is 1. The minimum absolute atomic E-state index is 0.253. The predicted molar refractivity (Wildman–Crippen MR) is 66.2 cm³/mol. The molecule has 0 radical (unpaired) electrons. The Bertz CT molecular complexity index is 417. The van der Waals surface area contributed by atoms with Crippen LogP contribution in [0.25, 0.3) is 5.57 Å². The second-order valence-electron chi connectivity index (χ2n) is 3.74. The summed E-state index contributed by atoms with van der Waals surface area (Å²) in [5, 5.41) is 0. The van der Waals surface area contributed by atoms with E-state index in [4.69, 9.17) is 4.74 Å². The van der Waals surface area contributed by atoms with Crippen LogP contribution >= 0.6 is 0 Å². The molecular weight excluding hydrogens is 200 g/mol. The summed E-state index contributed by atoms with van der Waals surface area (Å²) in [5.41, 5.74) is 3.88. The summed E-state index contributed by atoms with van der Waals surface area (Å²) in [6.07, 6.45) is 1.80. The van der Waals surface area contributed by atoms with Gasteiger partial charge in [0.1, 0.15) is 0 Å². The topological polar surface area (TPSA) is 26.3 Å². The van der Waals surface area contributed by atoms with Crippen LogP contribution in [-0.2, 0) is 9.53 Å². The number of rotatable bonds is 3. The van der Waals surface area contributed by atoms with Gasteiger partial charge < -0.3 is 4.74 Å². The van der Waals surface area contributed by atoms with E-state index in [-0.39, 0.29) is 5.97 Å². The molecule has 0 amide bonds. The monoisotopic (exact) mass is 218 g/mol. The standard InChI is InChI=1S/C14H18O2/c1-5-12(14(15)16-6-2)13-8-7-10(3)9-11(13)4/h5,7-9H,6H2,1-4H3. The van der Waals surface area contributed by atoms with Crippen molar-refractivity contribution >= 4 is 11.5 Å². The molecule has 2 heteroatoms. The molecule has 0 aliphatic heterocycles. The minimum atomic E-state index is -0.253. The summed E-state index contributed by atoms with van der Waals surface area (Å²) >= 11 is 0. The predicted octanol–water partition coefficient (Wildman–Crippen LogP) is 3.27. The Morgan fingerprint density at radius 2 is 2.06 bits per heavy atom. The molecule has 0 spiro atoms. The molecule has 0 N–H and O–H groups in total. The number of carbonyl (C=O) groups excluding carboxylic acids is 1. The van der Waals surface area contributed by atoms with Gasteiger partial charge in [0, 0.05) is 0 Å². The SMILES string of the molecule is CC=C(C(=O)OCC)c1ccc(C)cc1C. The van der Waals surface area contributed by atoms with E-state index in [9.17, 15) is 4.79 Å². The van der Waals surface area contributed by atoms with Gasteiger partial charge in [0.25, 0.3) is 0 Å². The summed E-state index contributed by atoms with van der Waals surface area (Å²) in [6, 6.07) is 6.04. The van der Waals surface area contributed by atoms with Crippen LogP contribution in [0.15, 0.2) is 24.3 Å². The van der Waals surface area contributed by atoms with Crippen LogP contribution in [0.4, 0.5) is 0 Å². The van der Waals surface area contributed by atoms with Crippen molar-refractivity contribution < 1.29 is 9.53 Å². The normalized spacial score (nSPS) is 11.4. The van der Waals surface area contributed by atoms with Crippen LogP contribution in [0.2, 0.25) is 0 Å². The maximum absolute atomic E-state index is 11.7. The zero-order valence-corrected chi connectivity index (χ0v) is 10.3. The Balaban J connectivity index is 3.10. The molecule has 0 aliphatic carbocycles. The number of hydrogen-bond acceptors (Lipinski definition) is 2. The molecule has 0 aliphatic rings. The number of ether oxygens (including phenoxy) is 1. The fourth-order valence-electron chi connectivity index (χ4n) is 1.71. The minimum Gasteiger partial charge on any atom is -0.462 e. The lowest BCUT2D eigenvalue weighted by molar-refractivity contribution is -0.136. The third-order valence-corrected chi connectivity index (χ3v) is 2.46. The van der Waals surface area contributed by atoms with Gasteiger partial charge in [-0.3, -0.25) is 0 Å². The van der Waals surface area contributed by atoms with Crippen molar-refractivity contribution in [3.05, 3.63) is 41.0 Å². The summed E-state index contributed by atoms with van der Waals surface area (Å²) in [7, 11) is 0. The smallest absolute Gasteiger partial charge is 0.338 e. The second kappa shape index (κ2) is 5.50. The maximum atomic E-state index is 11.7. The molecule has 0 fully saturated rings. The molecule has 2 nitrogen and oxygen atoms in total. The molecule has 0 unspecified atom stereocenters. The number of benzene rings is 1. The molecule has 0 saturated heterocycles. The van der Waals surface area contributed by atoms with Crippen LogP contribution in [0.1, 0.15) is 30.5 Å². The van der Waals surface area contributed by atoms with E-state index in [2.05, 4.69) is 6.07 Å². The van der Waals surface area contributed by atoms with E-state index in [1.807, 2.05) is 39.8 Å². The number of hydrogen-bond donors (Lipinski definition) is 0. The van der Waals surface area contributed by atoms with E-state index >= 15 is 0 Å². The summed E-state index contributed by atoms with van der Waals surface area (Å²) in [4.78, 5) is 11.7. The lowest BCUT2D eigenvalue weighted by Crippen LogP contribution is -2.07. The van der Waals surface area contributed by atoms with Crippen molar-refractivity contribution in [1.29, 1.82) is 0 Å². The van der Waals surface area contributed by atoms with Gasteiger partial charge >= 0.3 is 5.97 Å². The van der Waals surface area contributed by atoms with E-state index in [0.29, 0.717) is 12.2 Å². The van der Waals surface area contributed by atoms with Crippen molar-refractivity contribution in [2.75, 3.05) is 6.61 Å². The average Bonchev–Trinajstić information content (AvgIpc) is 2.22. The average molecular weight is 218 g/mol. The van der Waals surface area contributed by atoms with Crippen LogP contribution in [-0.4, -0.2) is 12.6 Å². The first kappa shape index (κ1) is 12.5. The highest BCUT2D eigenvalue weighted by atomic mass is 16.5. The van der Waals surface area contributed by atoms with Crippen LogP contribution in [0.3, 0.4) is 0 Å². The quantitative estimate of drug-likeness (QED) is 0.575. The van der Waals surface area contributed by atoms with Crippen LogP contribution < -0.4 is 0 Å². The molecule has 0 saturated carbocycles. The molecule has 1 rings (SSSR count). The van der Waals surface area contributed by atoms with Crippen LogP contribution in [0, 0.1) is 13.8 Å². The van der Waals surface area contributed by atoms with Gasteiger partial charge in [-0.25, -0.2) is 4.79 Å². The molecule has 0 aromatic heterocycles. The highest BCUT2D eigenvalue weighted by Crippen LogP contribution is 2.21. The Hall–Kier alpha value is -1.57. The van der Waals surface area contributed by atoms with Crippen molar-refractivity contribution in [2.24, 2.45) is 0 Å². The summed E-state index contributed by atoms with van der Waals surface area (Å²) in [5.74, 6) is -0.253. The Labute approximate surface area is 96.9 Å². The maximum Gasteiger partial charge on any atom is 0.338 e. The number of aryl methyl sites for hydroxylation is 2. The number of esters is 1. The van der Waals surface area contributed by atoms with E-state index in [0.717, 1.165) is 11.1 Å². The molecule has 0 atom stereocenters. The van der Waals surface area contributed by atoms with Gasteiger partial charge in [-0.05, 0) is 38.8 Å². The highest BCUT2D eigenvalue weighted by molar-refractivity contribution is 6.16. The Morgan fingerprint density at radius 1 is 1.38 bits per heavy atom. The zero-order chi connectivity index (χ0) is 12.1. The van der Waals surface area contributed by atoms with Gasteiger partial charge in [0.15, 0.2) is 0 Å². The molecule has 16 heavy (non-hydrogen) atoms. The fourth-order valence-corrected chi connectivity index (χ4v) is 1.71. The van der Waals surface area contributed by atoms with E-state index < -0.39 is 0 Å². The zero-order valence-electron chi connectivity index (χ0n) is 10.3. The third-order valence-electron chi connectivity index (χ3n) is 2.46. The largest absolute Gasteiger partial charge is 0.462 e. The molecule has 86 valence electrons. The third kappa shape index (κ3) is 2.72. The first-order valence-electron chi connectivity index (χ1n) is 5.51. The van der Waals surface area contributed by atoms with Gasteiger partial charge in [-0.1, -0.05) is 29.8 Å². The molecule has 1 aromatic carbocycles. The Kier molecular flexibility index (Phi) is 4.29. The second-order valence-corrected chi connectivity index (χ2v) is 3.74. The molecular formula is C14H18O2. The first-order valence-corrected chi connectivity index (χ1v) is 5.51. The Morgan fingerprint density at radius 3 is 2.56 bits per heavy atom. The lowest BCUT2D eigenvalue weighted by Gasteiger charge is -2.10. The van der Waals surface area contributed by atoms with E-state index in [1.165, 1.54) is 5.56 Å². The molecule has 1 aromatic rings. The summed E-state index contributed by atoms with van der Waals surface area (Å²) in [6.45, 7) is 8.11. The highest BCUT2D eigenvalue weighted by Gasteiger charge is 2.13. The molecule has 0 bridgehead atoms. The van der Waals surface area contributed by atoms with Crippen LogP contribution in [0.5, 0.6) is 0 Å². The number of allylic oxidation sites excluding steroid dienone is 1. The van der Waals surface area contributed by atoms with Crippen molar-refractivity contribution in [3.63, 3.8) is 0 Å². The van der Waals surface area contributed by atoms with Gasteiger partial charge in [-0.15, -0.1) is 0 Å².